The lowest BCUT2D eigenvalue weighted by Crippen LogP contribution is -1.97. The zero-order chi connectivity index (χ0) is 14.8. The predicted molar refractivity (Wildman–Crippen MR) is 80.2 cm³/mol. The van der Waals surface area contributed by atoms with Crippen LogP contribution in [0.3, 0.4) is 0 Å². The van der Waals surface area contributed by atoms with Crippen molar-refractivity contribution >= 4 is 10.9 Å². The molecule has 0 amide bonds. The van der Waals surface area contributed by atoms with Crippen LogP contribution < -0.4 is 0 Å². The van der Waals surface area contributed by atoms with Gasteiger partial charge in [-0.25, -0.2) is 8.78 Å². The van der Waals surface area contributed by atoms with Crippen LogP contribution >= 0.6 is 0 Å². The molecular formula is C18H15F2N. The quantitative estimate of drug-likeness (QED) is 0.684. The van der Waals surface area contributed by atoms with Crippen LogP contribution in [0.25, 0.3) is 10.9 Å². The highest BCUT2D eigenvalue weighted by molar-refractivity contribution is 5.82. The third-order valence-electron chi connectivity index (χ3n) is 3.63. The van der Waals surface area contributed by atoms with Crippen molar-refractivity contribution in [2.45, 2.75) is 19.8 Å². The van der Waals surface area contributed by atoms with E-state index in [2.05, 4.69) is 24.0 Å². The van der Waals surface area contributed by atoms with Gasteiger partial charge in [-0.1, -0.05) is 24.3 Å². The van der Waals surface area contributed by atoms with E-state index < -0.39 is 11.6 Å². The first kappa shape index (κ1) is 13.7. The van der Waals surface area contributed by atoms with Gasteiger partial charge in [0.25, 0.3) is 0 Å². The van der Waals surface area contributed by atoms with Crippen LogP contribution in [-0.2, 0) is 12.8 Å². The van der Waals surface area contributed by atoms with Crippen molar-refractivity contribution in [3.8, 4) is 0 Å². The molecule has 1 heterocycles. The van der Waals surface area contributed by atoms with Crippen molar-refractivity contribution in [3.63, 3.8) is 0 Å². The van der Waals surface area contributed by atoms with Gasteiger partial charge in [0.15, 0.2) is 11.6 Å². The van der Waals surface area contributed by atoms with E-state index in [1.165, 1.54) is 17.7 Å². The summed E-state index contributed by atoms with van der Waals surface area (Å²) >= 11 is 0. The molecule has 0 aliphatic heterocycles. The summed E-state index contributed by atoms with van der Waals surface area (Å²) in [7, 11) is 0. The van der Waals surface area contributed by atoms with E-state index in [1.807, 2.05) is 18.2 Å². The number of nitrogens with zero attached hydrogens (tertiary/aromatic N) is 1. The van der Waals surface area contributed by atoms with Crippen LogP contribution in [0.2, 0.25) is 0 Å². The van der Waals surface area contributed by atoms with Crippen molar-refractivity contribution in [2.75, 3.05) is 0 Å². The van der Waals surface area contributed by atoms with Crippen molar-refractivity contribution < 1.29 is 8.78 Å². The smallest absolute Gasteiger partial charge is 0.159 e. The number of aromatic nitrogens is 1. The molecular weight excluding hydrogens is 268 g/mol. The van der Waals surface area contributed by atoms with Gasteiger partial charge < -0.3 is 0 Å². The maximum Gasteiger partial charge on any atom is 0.159 e. The molecule has 0 fully saturated rings. The van der Waals surface area contributed by atoms with Crippen molar-refractivity contribution in [2.24, 2.45) is 0 Å². The van der Waals surface area contributed by atoms with Crippen LogP contribution in [0.4, 0.5) is 8.78 Å². The van der Waals surface area contributed by atoms with Gasteiger partial charge in [-0.15, -0.1) is 0 Å². The molecule has 0 aliphatic carbocycles. The fourth-order valence-corrected chi connectivity index (χ4v) is 2.51. The normalized spacial score (nSPS) is 11.0. The first-order valence-electron chi connectivity index (χ1n) is 6.93. The van der Waals surface area contributed by atoms with Crippen molar-refractivity contribution in [3.05, 3.63) is 77.0 Å². The molecule has 2 aromatic carbocycles. The first-order valence-corrected chi connectivity index (χ1v) is 6.93. The molecule has 0 aliphatic rings. The lowest BCUT2D eigenvalue weighted by molar-refractivity contribution is 0.507. The van der Waals surface area contributed by atoms with E-state index in [0.29, 0.717) is 12.8 Å². The summed E-state index contributed by atoms with van der Waals surface area (Å²) in [4.78, 5) is 4.62. The highest BCUT2D eigenvalue weighted by atomic mass is 19.2. The SMILES string of the molecule is Cc1cc(CCc2ccc(F)c(F)c2)nc2ccccc12. The van der Waals surface area contributed by atoms with Gasteiger partial charge in [0.2, 0.25) is 0 Å². The second-order valence-corrected chi connectivity index (χ2v) is 5.20. The van der Waals surface area contributed by atoms with Gasteiger partial charge in [0.1, 0.15) is 0 Å². The Balaban J connectivity index is 1.83. The summed E-state index contributed by atoms with van der Waals surface area (Å²) in [5, 5.41) is 1.15. The number of pyridine rings is 1. The monoisotopic (exact) mass is 283 g/mol. The number of halogens is 2. The molecule has 0 saturated carbocycles. The summed E-state index contributed by atoms with van der Waals surface area (Å²) in [5.74, 6) is -1.60. The Morgan fingerprint density at radius 3 is 2.52 bits per heavy atom. The number of hydrogen-bond acceptors (Lipinski definition) is 1. The summed E-state index contributed by atoms with van der Waals surface area (Å²) in [6.07, 6.45) is 1.35. The number of fused-ring (bicyclic) bond motifs is 1. The first-order chi connectivity index (χ1) is 10.1. The van der Waals surface area contributed by atoms with Crippen molar-refractivity contribution in [1.82, 2.24) is 4.98 Å². The Morgan fingerprint density at radius 2 is 1.71 bits per heavy atom. The van der Waals surface area contributed by atoms with Gasteiger partial charge in [0.05, 0.1) is 5.52 Å². The van der Waals surface area contributed by atoms with Gasteiger partial charge in [-0.05, 0) is 55.2 Å². The molecule has 0 unspecified atom stereocenters. The largest absolute Gasteiger partial charge is 0.253 e. The average molecular weight is 283 g/mol. The van der Waals surface area contributed by atoms with Gasteiger partial charge in [-0.2, -0.15) is 0 Å². The lowest BCUT2D eigenvalue weighted by Gasteiger charge is -2.07. The highest BCUT2D eigenvalue weighted by Gasteiger charge is 2.05. The van der Waals surface area contributed by atoms with Gasteiger partial charge in [-0.3, -0.25) is 4.98 Å². The number of para-hydroxylation sites is 1. The standard InChI is InChI=1S/C18H15F2N/c1-12-10-14(21-18-5-3-2-4-15(12)18)8-6-13-7-9-16(19)17(20)11-13/h2-5,7,9-11H,6,8H2,1H3. The molecule has 1 aromatic heterocycles. The lowest BCUT2D eigenvalue weighted by atomic mass is 10.0. The summed E-state index contributed by atoms with van der Waals surface area (Å²) in [6.45, 7) is 2.06. The molecule has 1 nitrogen and oxygen atoms in total. The Kier molecular flexibility index (Phi) is 3.65. The van der Waals surface area contributed by atoms with Crippen molar-refractivity contribution in [1.29, 1.82) is 0 Å². The maximum absolute atomic E-state index is 13.2. The molecule has 3 aromatic rings. The average Bonchev–Trinajstić information content (AvgIpc) is 2.49. The number of hydrogen-bond donors (Lipinski definition) is 0. The minimum Gasteiger partial charge on any atom is -0.253 e. The predicted octanol–water partition coefficient (Wildman–Crippen LogP) is 4.61. The third-order valence-corrected chi connectivity index (χ3v) is 3.63. The topological polar surface area (TPSA) is 12.9 Å². The van der Waals surface area contributed by atoms with Crippen LogP contribution in [-0.4, -0.2) is 4.98 Å². The fraction of sp³-hybridized carbons (Fsp3) is 0.167. The minimum atomic E-state index is -0.807. The van der Waals surface area contributed by atoms with E-state index >= 15 is 0 Å². The maximum atomic E-state index is 13.2. The molecule has 0 spiro atoms. The molecule has 21 heavy (non-hydrogen) atoms. The van der Waals surface area contributed by atoms with Crippen LogP contribution in [0, 0.1) is 18.6 Å². The molecule has 3 rings (SSSR count). The van der Waals surface area contributed by atoms with Gasteiger partial charge in [0, 0.05) is 11.1 Å². The fourth-order valence-electron chi connectivity index (χ4n) is 2.51. The highest BCUT2D eigenvalue weighted by Crippen LogP contribution is 2.18. The Hall–Kier alpha value is -2.29. The second-order valence-electron chi connectivity index (χ2n) is 5.20. The number of rotatable bonds is 3. The van der Waals surface area contributed by atoms with E-state index in [9.17, 15) is 8.78 Å². The van der Waals surface area contributed by atoms with Crippen LogP contribution in [0.15, 0.2) is 48.5 Å². The molecule has 0 radical (unpaired) electrons. The molecule has 0 atom stereocenters. The summed E-state index contributed by atoms with van der Waals surface area (Å²) in [6, 6.07) is 14.1. The molecule has 0 saturated heterocycles. The Morgan fingerprint density at radius 1 is 0.905 bits per heavy atom. The Bertz CT molecular complexity index is 796. The summed E-state index contributed by atoms with van der Waals surface area (Å²) in [5.41, 5.74) is 3.90. The van der Waals surface area contributed by atoms with E-state index in [4.69, 9.17) is 0 Å². The zero-order valence-corrected chi connectivity index (χ0v) is 11.7. The van der Waals surface area contributed by atoms with Gasteiger partial charge >= 0.3 is 0 Å². The van der Waals surface area contributed by atoms with E-state index in [0.717, 1.165) is 22.2 Å². The minimum absolute atomic E-state index is 0.641. The van der Waals surface area contributed by atoms with E-state index in [1.54, 1.807) is 6.07 Å². The van der Waals surface area contributed by atoms with E-state index in [-0.39, 0.29) is 0 Å². The third kappa shape index (κ3) is 2.92. The van der Waals surface area contributed by atoms with Crippen LogP contribution in [0.1, 0.15) is 16.8 Å². The molecule has 3 heteroatoms. The van der Waals surface area contributed by atoms with Crippen LogP contribution in [0.5, 0.6) is 0 Å². The molecule has 0 bridgehead atoms. The molecule has 106 valence electrons. The second kappa shape index (κ2) is 5.60. The number of benzene rings is 2. The Labute approximate surface area is 122 Å². The summed E-state index contributed by atoms with van der Waals surface area (Å²) < 4.78 is 26.1. The molecule has 0 N–H and O–H groups in total. The number of aryl methyl sites for hydroxylation is 3. The zero-order valence-electron chi connectivity index (χ0n) is 11.7.